The van der Waals surface area contributed by atoms with Gasteiger partial charge in [-0.3, -0.25) is 91.8 Å². The molecule has 674 valence electrons. The van der Waals surface area contributed by atoms with E-state index >= 15 is 24.0 Å². The lowest BCUT2D eigenvalue weighted by Crippen LogP contribution is -2.61. The number of imidazole rings is 2. The minimum Gasteiger partial charge on any atom is -0.481 e. The lowest BCUT2D eigenvalue weighted by Gasteiger charge is -2.34. The molecule has 43 heteroatoms. The molecule has 3 fully saturated rings. The quantitative estimate of drug-likeness (QED) is 0.0119. The summed E-state index contributed by atoms with van der Waals surface area (Å²) in [5, 5.41) is 72.3. The summed E-state index contributed by atoms with van der Waals surface area (Å²) >= 11 is 0. The number of H-pyrrole nitrogens is 2. The fraction of sp³-hybridized carbons (Fsp3) is 0.556. The monoisotopic (exact) mass is 1730 g/mol. The topological polar surface area (TPSA) is 650 Å². The van der Waals surface area contributed by atoms with Crippen molar-refractivity contribution < 1.29 is 96.8 Å². The first-order valence-corrected chi connectivity index (χ1v) is 41.7. The van der Waals surface area contributed by atoms with Gasteiger partial charge in [0.1, 0.15) is 72.5 Å². The number of carboxylic acids is 3. The second-order valence-electron chi connectivity index (χ2n) is 31.7. The van der Waals surface area contributed by atoms with Gasteiger partial charge in [-0.05, 0) is 126 Å². The summed E-state index contributed by atoms with van der Waals surface area (Å²) in [7, 11) is 0. The number of unbranched alkanes of at least 4 members (excludes halogenated alkanes) is 1. The Labute approximate surface area is 714 Å². The Balaban J connectivity index is 1.07. The number of hydrogen-bond acceptors (Lipinski definition) is 22. The molecule has 4 aliphatic heterocycles. The van der Waals surface area contributed by atoms with Crippen LogP contribution in [-0.4, -0.2) is 281 Å². The van der Waals surface area contributed by atoms with Crippen LogP contribution in [0.15, 0.2) is 79.6 Å². The largest absolute Gasteiger partial charge is 0.481 e. The normalized spacial score (nSPS) is 21.6. The summed E-state index contributed by atoms with van der Waals surface area (Å²) in [6, 6.07) is -1.42. The number of guanidine groups is 1. The second-order valence-corrected chi connectivity index (χ2v) is 31.7. The number of aliphatic carboxylic acids is 3. The van der Waals surface area contributed by atoms with Gasteiger partial charge in [0.2, 0.25) is 82.7 Å². The number of para-hydroxylation sites is 1. The number of aromatic amines is 2. The van der Waals surface area contributed by atoms with Crippen molar-refractivity contribution in [1.82, 2.24) is 98.4 Å². The van der Waals surface area contributed by atoms with Crippen molar-refractivity contribution in [3.05, 3.63) is 102 Å². The van der Waals surface area contributed by atoms with Crippen molar-refractivity contribution in [3.63, 3.8) is 0 Å². The van der Waals surface area contributed by atoms with E-state index < -0.39 is 211 Å². The molecule has 14 amide bonds. The van der Waals surface area contributed by atoms with Crippen molar-refractivity contribution in [2.24, 2.45) is 17.4 Å². The molecule has 0 bridgehead atoms. The van der Waals surface area contributed by atoms with E-state index in [9.17, 15) is 72.9 Å². The van der Waals surface area contributed by atoms with Crippen LogP contribution in [0.5, 0.6) is 0 Å². The molecule has 124 heavy (non-hydrogen) atoms. The van der Waals surface area contributed by atoms with Crippen LogP contribution >= 0.6 is 0 Å². The molecule has 3 saturated heterocycles. The van der Waals surface area contributed by atoms with E-state index in [1.165, 1.54) is 41.8 Å². The van der Waals surface area contributed by atoms with E-state index in [0.717, 1.165) is 16.2 Å². The van der Waals surface area contributed by atoms with Gasteiger partial charge in [0.25, 0.3) is 0 Å². The van der Waals surface area contributed by atoms with Crippen LogP contribution in [0.4, 0.5) is 5.69 Å². The maximum Gasteiger partial charge on any atom is 0.317 e. The molecule has 8 rings (SSSR count). The summed E-state index contributed by atoms with van der Waals surface area (Å²) in [6.07, 6.45) is 3.39. The SMILES string of the molecule is CC(=O)NC1CCCC(=O)NCCCC(C(=O)N2CCCC2C(=O)N2CCCC2C(=O)NC(Cc2cnc[nH]2)C(=O)NC(CCC(=O)O)C(=O)NC(CCCCN(CC(=O)O)CC(=O)O)C(=O)NC(C(N)=O)C(C)C)NC(=O)C(CC2CNc3ccccc32)NC(=O)C(CCCNC(=N)N)NC(=O)C(Cc2ccccc2)NC(=O)C(Cc2cnc[nH]2)NC1=O. The van der Waals surface area contributed by atoms with Crippen molar-refractivity contribution in [2.45, 2.75) is 228 Å². The number of amides is 14. The molecule has 13 atom stereocenters. The van der Waals surface area contributed by atoms with Crippen LogP contribution in [0.3, 0.4) is 0 Å². The molecule has 23 N–H and O–H groups in total. The van der Waals surface area contributed by atoms with Gasteiger partial charge in [-0.1, -0.05) is 62.4 Å². The third-order valence-corrected chi connectivity index (χ3v) is 21.8. The molecular weight excluding hydrogens is 1620 g/mol. The zero-order valence-electron chi connectivity index (χ0n) is 69.6. The number of aromatic nitrogens is 4. The van der Waals surface area contributed by atoms with Crippen LogP contribution in [-0.2, 0) is 101 Å². The number of carbonyl (C=O) groups excluding carboxylic acids is 14. The van der Waals surface area contributed by atoms with Gasteiger partial charge in [0.05, 0.1) is 25.7 Å². The highest BCUT2D eigenvalue weighted by Crippen LogP contribution is 2.35. The number of carboxylic acid groups (broad SMARTS) is 3. The van der Waals surface area contributed by atoms with Crippen LogP contribution in [0, 0.1) is 11.3 Å². The first kappa shape index (κ1) is 96.3. The Kier molecular flexibility index (Phi) is 37.2. The number of nitrogens with one attached hydrogen (secondary N) is 16. The van der Waals surface area contributed by atoms with Crippen molar-refractivity contribution >= 4 is 112 Å². The van der Waals surface area contributed by atoms with Gasteiger partial charge in [0.15, 0.2) is 5.96 Å². The van der Waals surface area contributed by atoms with Gasteiger partial charge in [-0.25, -0.2) is 9.97 Å². The number of hydrogen-bond donors (Lipinski definition) is 21. The van der Waals surface area contributed by atoms with Gasteiger partial charge in [-0.2, -0.15) is 0 Å². The van der Waals surface area contributed by atoms with Crippen molar-refractivity contribution in [2.75, 3.05) is 57.7 Å². The number of carbonyl (C=O) groups is 17. The van der Waals surface area contributed by atoms with Crippen LogP contribution < -0.4 is 80.6 Å². The Morgan fingerprint density at radius 3 is 1.82 bits per heavy atom. The molecule has 0 spiro atoms. The molecule has 0 saturated carbocycles. The number of rotatable bonds is 37. The maximum absolute atomic E-state index is 15.7. The first-order valence-electron chi connectivity index (χ1n) is 41.7. The highest BCUT2D eigenvalue weighted by molar-refractivity contribution is 6.00. The molecule has 13 unspecified atom stereocenters. The van der Waals surface area contributed by atoms with E-state index in [1.807, 2.05) is 18.2 Å². The Morgan fingerprint density at radius 2 is 1.19 bits per heavy atom. The van der Waals surface area contributed by atoms with Gasteiger partial charge < -0.3 is 116 Å². The Morgan fingerprint density at radius 1 is 0.597 bits per heavy atom. The molecule has 4 aliphatic rings. The number of nitrogens with zero attached hydrogens (tertiary/aromatic N) is 5. The third kappa shape index (κ3) is 30.2. The number of fused-ring (bicyclic) bond motifs is 1. The van der Waals surface area contributed by atoms with E-state index in [0.29, 0.717) is 17.8 Å². The molecule has 2 aromatic heterocycles. The molecule has 0 aliphatic carbocycles. The molecule has 6 heterocycles. The van der Waals surface area contributed by atoms with Crippen molar-refractivity contribution in [1.29, 1.82) is 5.41 Å². The van der Waals surface area contributed by atoms with Crippen LogP contribution in [0.25, 0.3) is 0 Å². The summed E-state index contributed by atoms with van der Waals surface area (Å²) in [4.78, 5) is 256. The van der Waals surface area contributed by atoms with Crippen LogP contribution in [0.2, 0.25) is 0 Å². The zero-order valence-corrected chi connectivity index (χ0v) is 69.6. The Bertz CT molecular complexity index is 4390. The zero-order chi connectivity index (χ0) is 90.1. The fourth-order valence-corrected chi connectivity index (χ4v) is 15.5. The lowest BCUT2D eigenvalue weighted by molar-refractivity contribution is -0.148. The van der Waals surface area contributed by atoms with Gasteiger partial charge >= 0.3 is 17.9 Å². The minimum absolute atomic E-state index is 0.00726. The number of nitrogens with two attached hydrogens (primary N) is 2. The number of primary amides is 1. The smallest absolute Gasteiger partial charge is 0.317 e. The maximum atomic E-state index is 15.7. The highest BCUT2D eigenvalue weighted by atomic mass is 16.4. The molecule has 2 aromatic carbocycles. The molecule has 43 nitrogen and oxygen atoms in total. The summed E-state index contributed by atoms with van der Waals surface area (Å²) in [5.41, 5.74) is 14.1. The van der Waals surface area contributed by atoms with E-state index in [2.05, 4.69) is 89.1 Å². The fourth-order valence-electron chi connectivity index (χ4n) is 15.5. The number of anilines is 1. The highest BCUT2D eigenvalue weighted by Gasteiger charge is 2.46. The lowest BCUT2D eigenvalue weighted by atomic mass is 9.93. The predicted octanol–water partition coefficient (Wildman–Crippen LogP) is -3.40. The minimum atomic E-state index is -1.74. The average molecular weight is 1730 g/mol. The average Bonchev–Trinajstić information content (AvgIpc) is 1.59. The van der Waals surface area contributed by atoms with E-state index in [1.54, 1.807) is 50.2 Å². The first-order chi connectivity index (χ1) is 59.2. The van der Waals surface area contributed by atoms with Crippen molar-refractivity contribution in [3.8, 4) is 0 Å². The van der Waals surface area contributed by atoms with E-state index in [-0.39, 0.29) is 160 Å². The third-order valence-electron chi connectivity index (χ3n) is 21.8. The second kappa shape index (κ2) is 47.9. The summed E-state index contributed by atoms with van der Waals surface area (Å²) < 4.78 is 0. The van der Waals surface area contributed by atoms with Gasteiger partial charge in [-0.15, -0.1) is 0 Å². The summed E-state index contributed by atoms with van der Waals surface area (Å²) in [5.74, 6) is -17.1. The Hall–Kier alpha value is -13.1. The standard InChI is InChI=1S/C81H115N23O20/c1-45(2)68(69(82)113)101-73(117)54(20-9-10-31-102(41-66(109)110)42-67(111)112)93-72(116)56(27-28-65(107)108)95-76(120)61(37-50-40-86-44-91-50)100-78(122)62-24-14-32-103(62)80(124)63-25-15-33-104(63)79(123)57-23-13-29-87-64(106)26-11-21-53(92-46(3)105)70(114)99-60(36-49-39-85-43-90-49)77(121)97-58(34-47-16-5-4-6-17-47)74(118)94-55(22-12-30-88-81(83)84)71(115)98-59(75(119)96-57)35-48-38-89-52-19-8-7-18-51(48)52/h4-8,16-19,39-40,43-45,48,53-63,68,89H,9-15,20-38,41-42H2,1-3H3,(H2,82,113)(H,85,90)(H,86,91)(H,87,106)(H,92,105)(H,93,116)(H,94,118)(H,95,120)(H,96,119)(H,97,121)(H,98,115)(H,99,114)(H,100,122)(H,101,117)(H,107,108)(H,109,110)(H,111,112)(H4,83,84,88). The molecule has 0 radical (unpaired) electrons. The predicted molar refractivity (Wildman–Crippen MR) is 443 cm³/mol. The molecular formula is C81H115N23O20. The number of likely N-dealkylation sites (tertiary alicyclic amines) is 2. The van der Waals surface area contributed by atoms with Gasteiger partial charge in [0, 0.05) is 107 Å². The van der Waals surface area contributed by atoms with Crippen LogP contribution in [0.1, 0.15) is 158 Å². The molecule has 4 aromatic rings. The van der Waals surface area contributed by atoms with E-state index in [4.69, 9.17) is 16.9 Å². The summed E-state index contributed by atoms with van der Waals surface area (Å²) in [6.45, 7) is 3.21. The number of benzene rings is 2.